The van der Waals surface area contributed by atoms with Crippen LogP contribution in [0.1, 0.15) is 52.5 Å². The fourth-order valence-corrected chi connectivity index (χ4v) is 8.75. The van der Waals surface area contributed by atoms with E-state index in [1.54, 1.807) is 28.0 Å². The highest BCUT2D eigenvalue weighted by atomic mass is 35.5. The number of rotatable bonds is 3. The molecular weight excluding hydrogens is 551 g/mol. The summed E-state index contributed by atoms with van der Waals surface area (Å²) >= 11 is 6.31. The number of amides is 4. The van der Waals surface area contributed by atoms with Gasteiger partial charge in [-0.2, -0.15) is 0 Å². The molecule has 2 bridgehead atoms. The molecule has 2 saturated heterocycles. The molecule has 2 aliphatic carbocycles. The van der Waals surface area contributed by atoms with Crippen molar-refractivity contribution in [2.24, 2.45) is 29.1 Å². The van der Waals surface area contributed by atoms with Crippen molar-refractivity contribution in [1.29, 1.82) is 0 Å². The Balaban J connectivity index is 1.35. The Labute approximate surface area is 244 Å². The third kappa shape index (κ3) is 4.22. The van der Waals surface area contributed by atoms with Crippen LogP contribution < -0.4 is 10.6 Å². The van der Waals surface area contributed by atoms with Crippen LogP contribution >= 0.6 is 11.6 Å². The number of anilines is 1. The molecular formula is C30H38ClFN4O5. The molecule has 11 heteroatoms. The van der Waals surface area contributed by atoms with Crippen LogP contribution in [0.5, 0.6) is 0 Å². The lowest BCUT2D eigenvalue weighted by Gasteiger charge is -2.38. The van der Waals surface area contributed by atoms with E-state index in [9.17, 15) is 19.2 Å². The zero-order chi connectivity index (χ0) is 29.6. The smallest absolute Gasteiger partial charge is 0.407 e. The molecule has 9 atom stereocenters. The van der Waals surface area contributed by atoms with E-state index in [1.165, 1.54) is 7.11 Å². The van der Waals surface area contributed by atoms with E-state index < -0.39 is 35.2 Å². The zero-order valence-corrected chi connectivity index (χ0v) is 24.8. The molecule has 222 valence electrons. The zero-order valence-electron chi connectivity index (χ0n) is 24.1. The lowest BCUT2D eigenvalue weighted by Crippen LogP contribution is -2.59. The van der Waals surface area contributed by atoms with E-state index in [1.807, 2.05) is 27.7 Å². The molecule has 1 aromatic rings. The maximum Gasteiger partial charge on any atom is 0.407 e. The average molecular weight is 589 g/mol. The van der Waals surface area contributed by atoms with E-state index >= 15 is 4.39 Å². The first-order chi connectivity index (χ1) is 19.3. The van der Waals surface area contributed by atoms with Gasteiger partial charge in [0.2, 0.25) is 17.7 Å². The highest BCUT2D eigenvalue weighted by Gasteiger charge is 2.65. The number of ether oxygens (including phenoxy) is 1. The highest BCUT2D eigenvalue weighted by Crippen LogP contribution is 2.59. The topological polar surface area (TPSA) is 108 Å². The van der Waals surface area contributed by atoms with Gasteiger partial charge in [-0.3, -0.25) is 14.4 Å². The first-order valence-corrected chi connectivity index (χ1v) is 14.9. The van der Waals surface area contributed by atoms with Gasteiger partial charge in [-0.1, -0.05) is 32.4 Å². The monoisotopic (exact) mass is 588 g/mol. The number of carbonyl (C=O) groups excluding carboxylic acids is 4. The van der Waals surface area contributed by atoms with Crippen molar-refractivity contribution in [3.63, 3.8) is 0 Å². The normalized spacial score (nSPS) is 35.9. The number of likely N-dealkylation sites (tertiary alicyclic amines) is 2. The van der Waals surface area contributed by atoms with Gasteiger partial charge in [0.1, 0.15) is 18.3 Å². The first-order valence-electron chi connectivity index (χ1n) is 14.5. The molecule has 1 aromatic carbocycles. The van der Waals surface area contributed by atoms with Crippen LogP contribution in [0.15, 0.2) is 18.2 Å². The minimum Gasteiger partial charge on any atom is -0.453 e. The first kappa shape index (κ1) is 28.2. The molecule has 0 aromatic heterocycles. The fraction of sp³-hybridized carbons (Fsp3) is 0.667. The van der Waals surface area contributed by atoms with Crippen LogP contribution in [0, 0.1) is 29.1 Å². The number of nitrogens with one attached hydrogen (secondary N) is 2. The van der Waals surface area contributed by atoms with Gasteiger partial charge < -0.3 is 25.2 Å². The third-order valence-corrected chi connectivity index (χ3v) is 10.7. The average Bonchev–Trinajstić information content (AvgIpc) is 3.69. The van der Waals surface area contributed by atoms with Gasteiger partial charge in [0.15, 0.2) is 0 Å². The van der Waals surface area contributed by atoms with Crippen molar-refractivity contribution in [3.05, 3.63) is 28.8 Å². The van der Waals surface area contributed by atoms with Crippen molar-refractivity contribution in [2.45, 2.75) is 76.7 Å². The second-order valence-electron chi connectivity index (χ2n) is 13.8. The second-order valence-corrected chi connectivity index (χ2v) is 14.2. The van der Waals surface area contributed by atoms with E-state index in [2.05, 4.69) is 10.6 Å². The number of nitrogens with zero attached hydrogens (tertiary/aromatic N) is 2. The summed E-state index contributed by atoms with van der Waals surface area (Å²) < 4.78 is 20.0. The van der Waals surface area contributed by atoms with Crippen LogP contribution in [0.2, 0.25) is 5.02 Å². The maximum absolute atomic E-state index is 15.2. The number of alkyl carbamates (subject to hydrolysis) is 1. The minimum absolute atomic E-state index is 0.0184. The van der Waals surface area contributed by atoms with Gasteiger partial charge in [0.05, 0.1) is 12.5 Å². The van der Waals surface area contributed by atoms with Gasteiger partial charge in [-0.25, -0.2) is 9.18 Å². The van der Waals surface area contributed by atoms with Crippen molar-refractivity contribution < 1.29 is 28.3 Å². The number of fused-ring (bicyclic) bond motifs is 7. The fourth-order valence-electron chi connectivity index (χ4n) is 8.58. The third-order valence-electron chi connectivity index (χ3n) is 10.4. The molecule has 5 aliphatic rings. The standard InChI is InChI=1S/C30H38ClFN4O5/c1-14-11-30(19-10-16(31)6-7-21(19)33-27(30)39)13-36(14)25(37)23-22-17-8-15(9-20(17)32)18(22)12-35(23)26(38)24(29(2,3)4)34-28(40)41-5/h6-7,10,14-15,17-18,20,22-24H,8-9,11-13H2,1-5H3,(H,33,39)(H,34,40)/t14-,15+,17-,18-,20-,22+,23+,24-,30+/m1/s1. The second kappa shape index (κ2) is 9.57. The van der Waals surface area contributed by atoms with E-state index in [4.69, 9.17) is 16.3 Å². The summed E-state index contributed by atoms with van der Waals surface area (Å²) in [5.41, 5.74) is -0.157. The predicted octanol–water partition coefficient (Wildman–Crippen LogP) is 3.74. The molecule has 3 heterocycles. The Morgan fingerprint density at radius 2 is 1.93 bits per heavy atom. The van der Waals surface area contributed by atoms with Crippen LogP contribution in [-0.4, -0.2) is 78.1 Å². The lowest BCUT2D eigenvalue weighted by atomic mass is 9.77. The Kier molecular flexibility index (Phi) is 6.60. The van der Waals surface area contributed by atoms with Gasteiger partial charge in [0, 0.05) is 29.8 Å². The Morgan fingerprint density at radius 1 is 1.20 bits per heavy atom. The quantitative estimate of drug-likeness (QED) is 0.559. The summed E-state index contributed by atoms with van der Waals surface area (Å²) in [5.74, 6) is -1.27. The van der Waals surface area contributed by atoms with Crippen LogP contribution in [-0.2, 0) is 24.5 Å². The Hall–Kier alpha value is -2.88. The molecule has 0 radical (unpaired) electrons. The molecule has 2 saturated carbocycles. The minimum atomic E-state index is -1.00. The molecule has 2 N–H and O–H groups in total. The summed E-state index contributed by atoms with van der Waals surface area (Å²) in [7, 11) is 1.24. The number of methoxy groups -OCH3 is 1. The van der Waals surface area contributed by atoms with Crippen molar-refractivity contribution in [1.82, 2.24) is 15.1 Å². The lowest BCUT2D eigenvalue weighted by molar-refractivity contribution is -0.148. The van der Waals surface area contributed by atoms with Gasteiger partial charge in [-0.15, -0.1) is 0 Å². The van der Waals surface area contributed by atoms with E-state index in [0.29, 0.717) is 30.1 Å². The summed E-state index contributed by atoms with van der Waals surface area (Å²) in [6, 6.07) is 3.18. The Bertz CT molecular complexity index is 1320. The molecule has 4 amide bonds. The summed E-state index contributed by atoms with van der Waals surface area (Å²) in [6.45, 7) is 7.93. The van der Waals surface area contributed by atoms with Crippen LogP contribution in [0.4, 0.5) is 14.9 Å². The number of hydrogen-bond donors (Lipinski definition) is 2. The summed E-state index contributed by atoms with van der Waals surface area (Å²) in [6.07, 6.45) is -0.143. The number of hydrogen-bond acceptors (Lipinski definition) is 5. The number of halogens is 2. The molecule has 9 nitrogen and oxygen atoms in total. The van der Waals surface area contributed by atoms with Crippen molar-refractivity contribution in [2.75, 3.05) is 25.5 Å². The van der Waals surface area contributed by atoms with E-state index in [-0.39, 0.29) is 54.0 Å². The van der Waals surface area contributed by atoms with Crippen molar-refractivity contribution >= 4 is 41.1 Å². The van der Waals surface area contributed by atoms with Gasteiger partial charge in [0.25, 0.3) is 0 Å². The number of alkyl halides is 1. The molecule has 4 fully saturated rings. The largest absolute Gasteiger partial charge is 0.453 e. The SMILES string of the molecule is COC(=O)N[C@H](C(=O)N1C[C@@H]2[C@H]3C[C@@H]([C@@H]2[C@H]1C(=O)N1C[C@]2(C[C@H]1C)C(=O)Nc1ccc(Cl)cc12)[C@H](F)C3)C(C)(C)C. The van der Waals surface area contributed by atoms with Crippen LogP contribution in [0.3, 0.4) is 0 Å². The molecule has 6 rings (SSSR count). The molecule has 1 spiro atoms. The maximum atomic E-state index is 15.2. The Morgan fingerprint density at radius 3 is 2.61 bits per heavy atom. The summed E-state index contributed by atoms with van der Waals surface area (Å²) in [4.78, 5) is 57.7. The van der Waals surface area contributed by atoms with Crippen LogP contribution in [0.25, 0.3) is 0 Å². The van der Waals surface area contributed by atoms with E-state index in [0.717, 1.165) is 12.0 Å². The molecule has 0 unspecified atom stereocenters. The van der Waals surface area contributed by atoms with Crippen molar-refractivity contribution in [3.8, 4) is 0 Å². The highest BCUT2D eigenvalue weighted by molar-refractivity contribution is 6.31. The van der Waals surface area contributed by atoms with Gasteiger partial charge in [-0.05, 0) is 79.0 Å². The molecule has 3 aliphatic heterocycles. The predicted molar refractivity (Wildman–Crippen MR) is 150 cm³/mol. The number of carbonyl (C=O) groups is 4. The number of benzene rings is 1. The molecule has 41 heavy (non-hydrogen) atoms. The van der Waals surface area contributed by atoms with Gasteiger partial charge >= 0.3 is 6.09 Å². The summed E-state index contributed by atoms with van der Waals surface area (Å²) in [5, 5.41) is 6.14.